The molecule has 2 aliphatic heterocycles. The van der Waals surface area contributed by atoms with Crippen molar-refractivity contribution in [3.05, 3.63) is 0 Å². The van der Waals surface area contributed by atoms with Crippen LogP contribution in [0.1, 0.15) is 53.4 Å². The number of piperidine rings is 1. The molecule has 0 spiro atoms. The summed E-state index contributed by atoms with van der Waals surface area (Å²) in [5.74, 6) is 0.638. The Balaban J connectivity index is 1.78. The maximum atomic E-state index is 12.4. The van der Waals surface area contributed by atoms with Gasteiger partial charge in [-0.15, -0.1) is 0 Å². The minimum absolute atomic E-state index is 0.0128. The molecule has 2 aliphatic rings. The third kappa shape index (κ3) is 5.74. The Morgan fingerprint density at radius 1 is 1.25 bits per heavy atom. The molecule has 2 amide bonds. The number of likely N-dealkylation sites (tertiary alicyclic amines) is 1. The second-order valence-electron chi connectivity index (χ2n) is 8.31. The van der Waals surface area contributed by atoms with Gasteiger partial charge in [-0.25, -0.2) is 0 Å². The van der Waals surface area contributed by atoms with E-state index in [0.29, 0.717) is 12.5 Å². The Morgan fingerprint density at radius 3 is 2.62 bits per heavy atom. The second kappa shape index (κ2) is 8.30. The number of carbonyl (C=O) groups excluding carboxylic acids is 2. The molecule has 2 fully saturated rings. The summed E-state index contributed by atoms with van der Waals surface area (Å²) in [5, 5.41) is 9.38. The third-order valence-corrected chi connectivity index (χ3v) is 4.92. The molecule has 3 atom stereocenters. The Hall–Kier alpha value is -1.14. The Morgan fingerprint density at radius 2 is 2.00 bits per heavy atom. The van der Waals surface area contributed by atoms with Crippen molar-refractivity contribution in [2.75, 3.05) is 26.2 Å². The summed E-state index contributed by atoms with van der Waals surface area (Å²) in [6.45, 7) is 11.5. The van der Waals surface area contributed by atoms with Gasteiger partial charge in [-0.3, -0.25) is 14.5 Å². The molecule has 2 rings (SSSR count). The van der Waals surface area contributed by atoms with Gasteiger partial charge in [0.25, 0.3) is 0 Å². The summed E-state index contributed by atoms with van der Waals surface area (Å²) in [4.78, 5) is 26.7. The van der Waals surface area contributed by atoms with Gasteiger partial charge in [0.1, 0.15) is 0 Å². The lowest BCUT2D eigenvalue weighted by molar-refractivity contribution is -0.128. The monoisotopic (exact) mass is 338 g/mol. The first-order valence-corrected chi connectivity index (χ1v) is 9.33. The van der Waals surface area contributed by atoms with E-state index in [0.717, 1.165) is 45.3 Å². The highest BCUT2D eigenvalue weighted by Crippen LogP contribution is 2.18. The van der Waals surface area contributed by atoms with Crippen molar-refractivity contribution >= 4 is 11.8 Å². The Labute approximate surface area is 146 Å². The van der Waals surface area contributed by atoms with E-state index in [9.17, 15) is 9.59 Å². The summed E-state index contributed by atoms with van der Waals surface area (Å²) in [6, 6.07) is -0.139. The highest BCUT2D eigenvalue weighted by molar-refractivity contribution is 5.82. The molecular weight excluding hydrogens is 304 g/mol. The highest BCUT2D eigenvalue weighted by atomic mass is 16.2. The van der Waals surface area contributed by atoms with Crippen LogP contribution in [0.5, 0.6) is 0 Å². The van der Waals surface area contributed by atoms with Crippen LogP contribution in [0.25, 0.3) is 0 Å². The molecule has 0 aromatic rings. The van der Waals surface area contributed by atoms with Crippen molar-refractivity contribution in [2.24, 2.45) is 5.92 Å². The van der Waals surface area contributed by atoms with Crippen molar-refractivity contribution in [3.63, 3.8) is 0 Å². The normalized spacial score (nSPS) is 26.8. The van der Waals surface area contributed by atoms with E-state index < -0.39 is 0 Å². The molecule has 0 radical (unpaired) electrons. The highest BCUT2D eigenvalue weighted by Gasteiger charge is 2.30. The standard InChI is InChI=1S/C18H34N4O2/c1-13(16(23)21-18(2,3)4)22-10-6-7-14(12-22)11-20-17(24)15-8-5-9-19-15/h13-15,19H,5-12H2,1-4H3,(H,20,24)(H,21,23). The van der Waals surface area contributed by atoms with Crippen LogP contribution in [0.4, 0.5) is 0 Å². The van der Waals surface area contributed by atoms with E-state index in [2.05, 4.69) is 20.9 Å². The molecule has 24 heavy (non-hydrogen) atoms. The fourth-order valence-corrected chi connectivity index (χ4v) is 3.53. The summed E-state index contributed by atoms with van der Waals surface area (Å²) in [5.41, 5.74) is -0.206. The van der Waals surface area contributed by atoms with Crippen molar-refractivity contribution in [1.29, 1.82) is 0 Å². The molecule has 0 aromatic carbocycles. The zero-order valence-corrected chi connectivity index (χ0v) is 15.7. The topological polar surface area (TPSA) is 73.5 Å². The molecule has 3 unspecified atom stereocenters. The SMILES string of the molecule is CC(C(=O)NC(C)(C)C)N1CCCC(CNC(=O)C2CCCN2)C1. The van der Waals surface area contributed by atoms with Crippen molar-refractivity contribution in [3.8, 4) is 0 Å². The number of nitrogens with zero attached hydrogens (tertiary/aromatic N) is 1. The van der Waals surface area contributed by atoms with E-state index >= 15 is 0 Å². The lowest BCUT2D eigenvalue weighted by atomic mass is 9.96. The zero-order valence-electron chi connectivity index (χ0n) is 15.7. The fraction of sp³-hybridized carbons (Fsp3) is 0.889. The molecule has 0 saturated carbocycles. The molecule has 2 saturated heterocycles. The van der Waals surface area contributed by atoms with Crippen LogP contribution in [0, 0.1) is 5.92 Å². The van der Waals surface area contributed by atoms with Gasteiger partial charge >= 0.3 is 0 Å². The number of rotatable bonds is 5. The van der Waals surface area contributed by atoms with E-state index in [-0.39, 0.29) is 29.4 Å². The van der Waals surface area contributed by atoms with Gasteiger partial charge < -0.3 is 16.0 Å². The second-order valence-corrected chi connectivity index (χ2v) is 8.31. The molecular formula is C18H34N4O2. The Bertz CT molecular complexity index is 441. The summed E-state index contributed by atoms with van der Waals surface area (Å²) in [6.07, 6.45) is 4.21. The van der Waals surface area contributed by atoms with Crippen LogP contribution >= 0.6 is 0 Å². The van der Waals surface area contributed by atoms with Crippen LogP contribution in [-0.2, 0) is 9.59 Å². The quantitative estimate of drug-likeness (QED) is 0.695. The maximum Gasteiger partial charge on any atom is 0.237 e. The number of amides is 2. The first-order valence-electron chi connectivity index (χ1n) is 9.33. The van der Waals surface area contributed by atoms with Gasteiger partial charge in [0.15, 0.2) is 0 Å². The Kier molecular flexibility index (Phi) is 6.63. The van der Waals surface area contributed by atoms with Gasteiger partial charge in [0.2, 0.25) is 11.8 Å². The number of carbonyl (C=O) groups is 2. The number of nitrogens with one attached hydrogen (secondary N) is 3. The lowest BCUT2D eigenvalue weighted by Gasteiger charge is -2.37. The average Bonchev–Trinajstić information content (AvgIpc) is 3.05. The molecule has 0 aromatic heterocycles. The summed E-state index contributed by atoms with van der Waals surface area (Å²) >= 11 is 0. The first-order chi connectivity index (χ1) is 11.3. The van der Waals surface area contributed by atoms with Crippen LogP contribution in [0.3, 0.4) is 0 Å². The zero-order chi connectivity index (χ0) is 17.7. The number of hydrogen-bond acceptors (Lipinski definition) is 4. The minimum atomic E-state index is -0.206. The van der Waals surface area contributed by atoms with Crippen molar-refractivity contribution in [1.82, 2.24) is 20.9 Å². The molecule has 6 heteroatoms. The maximum absolute atomic E-state index is 12.4. The van der Waals surface area contributed by atoms with Gasteiger partial charge in [-0.2, -0.15) is 0 Å². The van der Waals surface area contributed by atoms with E-state index in [1.165, 1.54) is 0 Å². The lowest BCUT2D eigenvalue weighted by Crippen LogP contribution is -2.54. The largest absolute Gasteiger partial charge is 0.354 e. The van der Waals surface area contributed by atoms with E-state index in [1.54, 1.807) is 0 Å². The van der Waals surface area contributed by atoms with E-state index in [4.69, 9.17) is 0 Å². The number of hydrogen-bond donors (Lipinski definition) is 3. The van der Waals surface area contributed by atoms with Crippen molar-refractivity contribution in [2.45, 2.75) is 71.0 Å². The van der Waals surface area contributed by atoms with Gasteiger partial charge in [-0.05, 0) is 72.4 Å². The average molecular weight is 338 g/mol. The van der Waals surface area contributed by atoms with E-state index in [1.807, 2.05) is 27.7 Å². The van der Waals surface area contributed by atoms with Gasteiger partial charge in [-0.1, -0.05) is 0 Å². The molecule has 0 aliphatic carbocycles. The molecule has 3 N–H and O–H groups in total. The van der Waals surface area contributed by atoms with Crippen LogP contribution in [-0.4, -0.2) is 60.5 Å². The summed E-state index contributed by atoms with van der Waals surface area (Å²) in [7, 11) is 0. The predicted octanol–water partition coefficient (Wildman–Crippen LogP) is 0.870. The third-order valence-electron chi connectivity index (χ3n) is 4.92. The van der Waals surface area contributed by atoms with Crippen LogP contribution in [0.2, 0.25) is 0 Å². The molecule has 6 nitrogen and oxygen atoms in total. The van der Waals surface area contributed by atoms with Gasteiger partial charge in [0.05, 0.1) is 12.1 Å². The smallest absolute Gasteiger partial charge is 0.237 e. The predicted molar refractivity (Wildman–Crippen MR) is 95.7 cm³/mol. The first kappa shape index (κ1) is 19.2. The summed E-state index contributed by atoms with van der Waals surface area (Å²) < 4.78 is 0. The van der Waals surface area contributed by atoms with Crippen LogP contribution in [0.15, 0.2) is 0 Å². The van der Waals surface area contributed by atoms with Crippen molar-refractivity contribution < 1.29 is 9.59 Å². The van der Waals surface area contributed by atoms with Crippen LogP contribution < -0.4 is 16.0 Å². The molecule has 0 bridgehead atoms. The minimum Gasteiger partial charge on any atom is -0.354 e. The molecule has 138 valence electrons. The fourth-order valence-electron chi connectivity index (χ4n) is 3.53. The molecule has 2 heterocycles. The van der Waals surface area contributed by atoms with Gasteiger partial charge in [0, 0.05) is 18.6 Å².